The lowest BCUT2D eigenvalue weighted by molar-refractivity contribution is 0.415. The lowest BCUT2D eigenvalue weighted by atomic mass is 10.3. The van der Waals surface area contributed by atoms with Crippen LogP contribution in [0.1, 0.15) is 12.6 Å². The largest absolute Gasteiger partial charge is 0.435 e. The van der Waals surface area contributed by atoms with Crippen molar-refractivity contribution in [1.82, 2.24) is 9.97 Å². The monoisotopic (exact) mass is 267 g/mol. The van der Waals surface area contributed by atoms with Gasteiger partial charge in [-0.3, -0.25) is 0 Å². The van der Waals surface area contributed by atoms with Crippen LogP contribution < -0.4 is 10.5 Å². The van der Waals surface area contributed by atoms with Crippen LogP contribution in [0.5, 0.6) is 11.6 Å². The molecule has 2 aromatic rings. The summed E-state index contributed by atoms with van der Waals surface area (Å²) in [6.07, 6.45) is 1.70. The number of nitrogens with zero attached hydrogens (tertiary/aromatic N) is 2. The summed E-state index contributed by atoms with van der Waals surface area (Å²) in [5.41, 5.74) is 6.37. The molecule has 1 aromatic carbocycles. The van der Waals surface area contributed by atoms with Crippen LogP contribution in [0.2, 0.25) is 5.02 Å². The first-order valence-corrected chi connectivity index (χ1v) is 5.72. The van der Waals surface area contributed by atoms with Crippen LogP contribution in [-0.4, -0.2) is 9.97 Å². The Morgan fingerprint density at radius 2 is 2.17 bits per heavy atom. The molecule has 0 atom stereocenters. The van der Waals surface area contributed by atoms with Crippen molar-refractivity contribution in [3.63, 3.8) is 0 Å². The number of hydrogen-bond donors (Lipinski definition) is 1. The van der Waals surface area contributed by atoms with Crippen LogP contribution in [0.15, 0.2) is 24.5 Å². The van der Waals surface area contributed by atoms with Gasteiger partial charge in [-0.15, -0.1) is 0 Å². The average Bonchev–Trinajstić information content (AvgIpc) is 2.36. The van der Waals surface area contributed by atoms with Gasteiger partial charge < -0.3 is 10.5 Å². The molecule has 6 heteroatoms. The Bertz CT molecular complexity index is 577. The van der Waals surface area contributed by atoms with E-state index in [1.165, 1.54) is 12.4 Å². The molecule has 0 saturated heterocycles. The van der Waals surface area contributed by atoms with Crippen molar-refractivity contribution in [2.45, 2.75) is 13.3 Å². The molecule has 2 rings (SSSR count). The van der Waals surface area contributed by atoms with E-state index in [1.54, 1.807) is 19.1 Å². The second kappa shape index (κ2) is 5.18. The van der Waals surface area contributed by atoms with Gasteiger partial charge in [-0.25, -0.2) is 4.98 Å². The first-order valence-electron chi connectivity index (χ1n) is 5.34. The quantitative estimate of drug-likeness (QED) is 0.868. The van der Waals surface area contributed by atoms with Crippen LogP contribution >= 0.6 is 11.6 Å². The lowest BCUT2D eigenvalue weighted by Gasteiger charge is -2.09. The van der Waals surface area contributed by atoms with Crippen molar-refractivity contribution in [1.29, 1.82) is 0 Å². The van der Waals surface area contributed by atoms with E-state index < -0.39 is 5.82 Å². The molecule has 94 valence electrons. The van der Waals surface area contributed by atoms with Crippen molar-refractivity contribution < 1.29 is 9.13 Å². The number of nitrogens with two attached hydrogens (primary N) is 1. The molecule has 0 saturated carbocycles. The van der Waals surface area contributed by atoms with E-state index in [9.17, 15) is 4.39 Å². The molecular weight excluding hydrogens is 257 g/mol. The molecule has 1 heterocycles. The number of halogens is 2. The minimum Gasteiger partial charge on any atom is -0.435 e. The van der Waals surface area contributed by atoms with E-state index in [4.69, 9.17) is 22.1 Å². The molecule has 18 heavy (non-hydrogen) atoms. The van der Waals surface area contributed by atoms with Crippen molar-refractivity contribution in [3.05, 3.63) is 41.1 Å². The fraction of sp³-hybridized carbons (Fsp3) is 0.167. The molecule has 0 radical (unpaired) electrons. The Morgan fingerprint density at radius 1 is 1.39 bits per heavy atom. The van der Waals surface area contributed by atoms with E-state index in [2.05, 4.69) is 9.97 Å². The first kappa shape index (κ1) is 12.6. The molecule has 0 amide bonds. The number of nitrogen functional groups attached to an aromatic ring is 1. The number of ether oxygens (including phenoxy) is 1. The van der Waals surface area contributed by atoms with E-state index >= 15 is 0 Å². The highest BCUT2D eigenvalue weighted by Crippen LogP contribution is 2.31. The zero-order valence-electron chi connectivity index (χ0n) is 9.65. The summed E-state index contributed by atoms with van der Waals surface area (Å²) < 4.78 is 19.2. The van der Waals surface area contributed by atoms with Crippen LogP contribution in [0.4, 0.5) is 10.1 Å². The van der Waals surface area contributed by atoms with Crippen LogP contribution in [0, 0.1) is 5.82 Å². The van der Waals surface area contributed by atoms with Gasteiger partial charge in [0.25, 0.3) is 5.88 Å². The van der Waals surface area contributed by atoms with Crippen LogP contribution in [0.3, 0.4) is 0 Å². The third-order valence-corrected chi connectivity index (χ3v) is 2.64. The van der Waals surface area contributed by atoms with Gasteiger partial charge in [0.2, 0.25) is 5.82 Å². The molecule has 0 unspecified atom stereocenters. The normalized spacial score (nSPS) is 10.4. The fourth-order valence-corrected chi connectivity index (χ4v) is 1.56. The molecule has 0 aliphatic carbocycles. The summed E-state index contributed by atoms with van der Waals surface area (Å²) >= 11 is 5.93. The highest BCUT2D eigenvalue weighted by molar-refractivity contribution is 6.32. The maximum atomic E-state index is 13.9. The third kappa shape index (κ3) is 2.51. The summed E-state index contributed by atoms with van der Waals surface area (Å²) in [5, 5.41) is 0.334. The highest BCUT2D eigenvalue weighted by atomic mass is 35.5. The Labute approximate surface area is 109 Å². The van der Waals surface area contributed by atoms with E-state index in [-0.39, 0.29) is 11.6 Å². The zero-order chi connectivity index (χ0) is 13.1. The summed E-state index contributed by atoms with van der Waals surface area (Å²) in [4.78, 5) is 7.56. The van der Waals surface area contributed by atoms with Crippen molar-refractivity contribution in [2.75, 3.05) is 5.73 Å². The molecular formula is C12H11ClFN3O. The maximum Gasteiger partial charge on any atom is 0.259 e. The Balaban J connectivity index is 2.37. The van der Waals surface area contributed by atoms with Gasteiger partial charge in [0, 0.05) is 11.8 Å². The van der Waals surface area contributed by atoms with Gasteiger partial charge in [0.05, 0.1) is 10.7 Å². The highest BCUT2D eigenvalue weighted by Gasteiger charge is 2.13. The second-order valence-electron chi connectivity index (χ2n) is 3.58. The molecule has 0 fully saturated rings. The predicted molar refractivity (Wildman–Crippen MR) is 67.3 cm³/mol. The number of benzene rings is 1. The Hall–Kier alpha value is -1.88. The van der Waals surface area contributed by atoms with E-state index in [1.807, 2.05) is 0 Å². The van der Waals surface area contributed by atoms with Crippen LogP contribution in [-0.2, 0) is 6.42 Å². The lowest BCUT2D eigenvalue weighted by Crippen LogP contribution is -2.00. The molecule has 1 aromatic heterocycles. The number of hydrogen-bond acceptors (Lipinski definition) is 4. The van der Waals surface area contributed by atoms with Crippen molar-refractivity contribution in [2.24, 2.45) is 0 Å². The van der Waals surface area contributed by atoms with Gasteiger partial charge in [0.1, 0.15) is 12.1 Å². The zero-order valence-corrected chi connectivity index (χ0v) is 10.4. The SMILES string of the molecule is CCc1ncnc(Oc2cc(N)ccc2Cl)c1F. The third-order valence-electron chi connectivity index (χ3n) is 2.33. The Morgan fingerprint density at radius 3 is 2.89 bits per heavy atom. The number of aromatic nitrogens is 2. The summed E-state index contributed by atoms with van der Waals surface area (Å²) in [6.45, 7) is 1.79. The van der Waals surface area contributed by atoms with Gasteiger partial charge in [0.15, 0.2) is 0 Å². The smallest absolute Gasteiger partial charge is 0.259 e. The molecule has 2 N–H and O–H groups in total. The van der Waals surface area contributed by atoms with Gasteiger partial charge in [-0.2, -0.15) is 9.37 Å². The maximum absolute atomic E-state index is 13.9. The fourth-order valence-electron chi connectivity index (χ4n) is 1.41. The van der Waals surface area contributed by atoms with Gasteiger partial charge in [-0.05, 0) is 18.6 Å². The number of anilines is 1. The van der Waals surface area contributed by atoms with Gasteiger partial charge in [-0.1, -0.05) is 18.5 Å². The van der Waals surface area contributed by atoms with Crippen molar-refractivity contribution >= 4 is 17.3 Å². The summed E-state index contributed by atoms with van der Waals surface area (Å²) in [7, 11) is 0. The summed E-state index contributed by atoms with van der Waals surface area (Å²) in [5.74, 6) is -0.482. The number of aryl methyl sites for hydroxylation is 1. The minimum atomic E-state index is -0.585. The van der Waals surface area contributed by atoms with Gasteiger partial charge >= 0.3 is 0 Å². The minimum absolute atomic E-state index is 0.158. The molecule has 4 nitrogen and oxygen atoms in total. The molecule has 0 bridgehead atoms. The molecule has 0 aliphatic rings. The Kier molecular flexibility index (Phi) is 3.62. The van der Waals surface area contributed by atoms with E-state index in [0.717, 1.165) is 0 Å². The topological polar surface area (TPSA) is 61.0 Å². The standard InChI is InChI=1S/C12H11ClFN3O/c1-2-9-11(14)12(17-6-16-9)18-10-5-7(15)3-4-8(10)13/h3-6H,2,15H2,1H3. The molecule has 0 aliphatic heterocycles. The predicted octanol–water partition coefficient (Wildman–Crippen LogP) is 3.21. The second-order valence-corrected chi connectivity index (χ2v) is 3.99. The molecule has 0 spiro atoms. The average molecular weight is 268 g/mol. The first-order chi connectivity index (χ1) is 8.61. The van der Waals surface area contributed by atoms with Crippen molar-refractivity contribution in [3.8, 4) is 11.6 Å². The van der Waals surface area contributed by atoms with E-state index in [0.29, 0.717) is 22.8 Å². The summed E-state index contributed by atoms with van der Waals surface area (Å²) in [6, 6.07) is 4.71. The van der Waals surface area contributed by atoms with Crippen LogP contribution in [0.25, 0.3) is 0 Å². The number of rotatable bonds is 3.